The second kappa shape index (κ2) is 13.2. The SMILES string of the molecule is CNS(=O)(=O)c1ccc(C)c(NC(=O)[C@@H](CC2CCCCC2)NC(=N)Nc2cc3ccc(OC)c(OC)c3cn2)c1. The Morgan fingerprint density at radius 1 is 1.07 bits per heavy atom. The Morgan fingerprint density at radius 3 is 2.51 bits per heavy atom. The highest BCUT2D eigenvalue weighted by Crippen LogP contribution is 2.35. The van der Waals surface area contributed by atoms with Crippen LogP contribution in [0.25, 0.3) is 10.8 Å². The van der Waals surface area contributed by atoms with Crippen molar-refractivity contribution in [3.63, 3.8) is 0 Å². The molecule has 1 aromatic heterocycles. The first kappa shape index (κ1) is 30.1. The summed E-state index contributed by atoms with van der Waals surface area (Å²) >= 11 is 0. The number of nitrogens with zero attached hydrogens (tertiary/aromatic N) is 1. The van der Waals surface area contributed by atoms with E-state index in [1.165, 1.54) is 25.6 Å². The molecule has 1 amide bonds. The van der Waals surface area contributed by atoms with Gasteiger partial charge in [-0.05, 0) is 61.5 Å². The number of hydrogen-bond donors (Lipinski definition) is 5. The maximum Gasteiger partial charge on any atom is 0.246 e. The number of nitrogens with one attached hydrogen (secondary N) is 5. The van der Waals surface area contributed by atoms with Gasteiger partial charge in [0.25, 0.3) is 0 Å². The van der Waals surface area contributed by atoms with E-state index in [4.69, 9.17) is 14.9 Å². The van der Waals surface area contributed by atoms with Crippen LogP contribution in [0, 0.1) is 18.3 Å². The summed E-state index contributed by atoms with van der Waals surface area (Å²) in [5, 5.41) is 19.1. The summed E-state index contributed by atoms with van der Waals surface area (Å²) in [6.07, 6.45) is 7.67. The van der Waals surface area contributed by atoms with E-state index in [9.17, 15) is 13.2 Å². The Kier molecular flexibility index (Phi) is 9.66. The molecule has 11 nitrogen and oxygen atoms in total. The van der Waals surface area contributed by atoms with Gasteiger partial charge in [0.15, 0.2) is 17.5 Å². The van der Waals surface area contributed by atoms with Crippen molar-refractivity contribution in [3.8, 4) is 11.5 Å². The van der Waals surface area contributed by atoms with Crippen LogP contribution in [0.5, 0.6) is 11.5 Å². The molecular weight excluding hydrogens is 544 g/mol. The predicted octanol–water partition coefficient (Wildman–Crippen LogP) is 4.38. The second-order valence-electron chi connectivity index (χ2n) is 10.2. The van der Waals surface area contributed by atoms with Gasteiger partial charge in [0.2, 0.25) is 15.9 Å². The van der Waals surface area contributed by atoms with Crippen molar-refractivity contribution in [2.24, 2.45) is 5.92 Å². The molecule has 4 rings (SSSR count). The van der Waals surface area contributed by atoms with Gasteiger partial charge in [0, 0.05) is 17.3 Å². The molecule has 2 aromatic carbocycles. The first-order valence-corrected chi connectivity index (χ1v) is 15.1. The van der Waals surface area contributed by atoms with E-state index < -0.39 is 16.1 Å². The van der Waals surface area contributed by atoms with Gasteiger partial charge in [0.1, 0.15) is 11.9 Å². The number of anilines is 2. The van der Waals surface area contributed by atoms with Gasteiger partial charge in [-0.15, -0.1) is 0 Å². The average molecular weight is 583 g/mol. The smallest absolute Gasteiger partial charge is 0.246 e. The van der Waals surface area contributed by atoms with Crippen LogP contribution in [0.1, 0.15) is 44.1 Å². The summed E-state index contributed by atoms with van der Waals surface area (Å²) in [4.78, 5) is 18.0. The van der Waals surface area contributed by atoms with Gasteiger partial charge in [-0.25, -0.2) is 18.1 Å². The number of hydrogen-bond acceptors (Lipinski definition) is 7. The fourth-order valence-corrected chi connectivity index (χ4v) is 5.93. The molecular formula is C29H38N6O5S. The molecule has 0 radical (unpaired) electrons. The van der Waals surface area contributed by atoms with Gasteiger partial charge in [0.05, 0.1) is 19.1 Å². The minimum Gasteiger partial charge on any atom is -0.493 e. The Bertz CT molecular complexity index is 1520. The summed E-state index contributed by atoms with van der Waals surface area (Å²) < 4.78 is 37.8. The Labute approximate surface area is 241 Å². The zero-order valence-corrected chi connectivity index (χ0v) is 24.7. The molecule has 1 aliphatic carbocycles. The van der Waals surface area contributed by atoms with Crippen LogP contribution in [0.4, 0.5) is 11.5 Å². The molecule has 0 unspecified atom stereocenters. The van der Waals surface area contributed by atoms with Crippen molar-refractivity contribution < 1.29 is 22.7 Å². The molecule has 3 aromatic rings. The van der Waals surface area contributed by atoms with Crippen LogP contribution in [0.15, 0.2) is 47.5 Å². The van der Waals surface area contributed by atoms with E-state index in [-0.39, 0.29) is 16.8 Å². The molecule has 0 saturated heterocycles. The highest BCUT2D eigenvalue weighted by atomic mass is 32.2. The summed E-state index contributed by atoms with van der Waals surface area (Å²) in [5.41, 5.74) is 1.13. The molecule has 1 saturated carbocycles. The Hall–Kier alpha value is -3.90. The van der Waals surface area contributed by atoms with Crippen molar-refractivity contribution in [3.05, 3.63) is 48.2 Å². The topological polar surface area (TPSA) is 155 Å². The highest BCUT2D eigenvalue weighted by molar-refractivity contribution is 7.89. The lowest BCUT2D eigenvalue weighted by atomic mass is 9.84. The van der Waals surface area contributed by atoms with Crippen LogP contribution in [0.3, 0.4) is 0 Å². The second-order valence-corrected chi connectivity index (χ2v) is 12.1. The number of aromatic nitrogens is 1. The number of aryl methyl sites for hydroxylation is 1. The number of pyridine rings is 1. The number of ether oxygens (including phenoxy) is 2. The lowest BCUT2D eigenvalue weighted by Gasteiger charge is -2.27. The minimum absolute atomic E-state index is 0.0590. The third-order valence-electron chi connectivity index (χ3n) is 7.47. The molecule has 0 bridgehead atoms. The average Bonchev–Trinajstić information content (AvgIpc) is 2.97. The Balaban J connectivity index is 1.53. The summed E-state index contributed by atoms with van der Waals surface area (Å²) in [6.45, 7) is 1.80. The van der Waals surface area contributed by atoms with E-state index in [0.29, 0.717) is 35.3 Å². The van der Waals surface area contributed by atoms with E-state index in [1.807, 2.05) is 6.07 Å². The number of carbonyl (C=O) groups excluding carboxylic acids is 1. The minimum atomic E-state index is -3.68. The maximum absolute atomic E-state index is 13.6. The molecule has 5 N–H and O–H groups in total. The lowest BCUT2D eigenvalue weighted by Crippen LogP contribution is -2.47. The molecule has 1 heterocycles. The van der Waals surface area contributed by atoms with E-state index >= 15 is 0 Å². The van der Waals surface area contributed by atoms with Crippen molar-refractivity contribution in [2.45, 2.75) is 56.4 Å². The van der Waals surface area contributed by atoms with E-state index in [2.05, 4.69) is 25.7 Å². The maximum atomic E-state index is 13.6. The quantitative estimate of drug-likeness (QED) is 0.174. The third kappa shape index (κ3) is 7.25. The number of carbonyl (C=O) groups is 1. The van der Waals surface area contributed by atoms with Gasteiger partial charge >= 0.3 is 0 Å². The number of sulfonamides is 1. The standard InChI is InChI=1S/C29H38N6O5S/c1-18-10-12-21(41(37,38)31-2)16-23(18)33-28(36)24(14-19-8-6-5-7-9-19)34-29(30)35-26-15-20-11-13-25(39-3)27(40-4)22(20)17-32-26/h10-13,15-17,19,24,31H,5-9,14H2,1-4H3,(H,33,36)(H3,30,32,34,35)/t24-/m1/s1. The van der Waals surface area contributed by atoms with Crippen LogP contribution >= 0.6 is 0 Å². The summed E-state index contributed by atoms with van der Waals surface area (Å²) in [7, 11) is 0.803. The number of rotatable bonds is 10. The highest BCUT2D eigenvalue weighted by Gasteiger charge is 2.26. The van der Waals surface area contributed by atoms with Crippen LogP contribution in [0.2, 0.25) is 0 Å². The molecule has 0 aliphatic heterocycles. The number of benzene rings is 2. The first-order valence-electron chi connectivity index (χ1n) is 13.6. The van der Waals surface area contributed by atoms with Gasteiger partial charge in [-0.2, -0.15) is 0 Å². The zero-order valence-electron chi connectivity index (χ0n) is 23.8. The van der Waals surface area contributed by atoms with Crippen molar-refractivity contribution in [2.75, 3.05) is 31.9 Å². The van der Waals surface area contributed by atoms with Crippen LogP contribution in [-0.4, -0.2) is 52.6 Å². The van der Waals surface area contributed by atoms with E-state index in [1.54, 1.807) is 45.5 Å². The zero-order chi connectivity index (χ0) is 29.6. The number of fused-ring (bicyclic) bond motifs is 1. The number of guanidine groups is 1. The van der Waals surface area contributed by atoms with Crippen LogP contribution < -0.4 is 30.1 Å². The normalized spacial score (nSPS) is 14.7. The van der Waals surface area contributed by atoms with Crippen LogP contribution in [-0.2, 0) is 14.8 Å². The molecule has 1 fully saturated rings. The van der Waals surface area contributed by atoms with Gasteiger partial charge in [-0.1, -0.05) is 44.2 Å². The van der Waals surface area contributed by atoms with Gasteiger partial charge < -0.3 is 25.4 Å². The fourth-order valence-electron chi connectivity index (χ4n) is 5.18. The Morgan fingerprint density at radius 2 is 1.83 bits per heavy atom. The largest absolute Gasteiger partial charge is 0.493 e. The molecule has 220 valence electrons. The lowest BCUT2D eigenvalue weighted by molar-refractivity contribution is -0.118. The van der Waals surface area contributed by atoms with E-state index in [0.717, 1.165) is 42.0 Å². The predicted molar refractivity (Wildman–Crippen MR) is 160 cm³/mol. The van der Waals surface area contributed by atoms with Crippen molar-refractivity contribution in [1.82, 2.24) is 15.0 Å². The first-order chi connectivity index (χ1) is 19.6. The molecule has 1 aliphatic rings. The number of amides is 1. The molecule has 41 heavy (non-hydrogen) atoms. The summed E-state index contributed by atoms with van der Waals surface area (Å²) in [5.74, 6) is 1.53. The monoisotopic (exact) mass is 582 g/mol. The van der Waals surface area contributed by atoms with Crippen molar-refractivity contribution >= 4 is 44.2 Å². The third-order valence-corrected chi connectivity index (χ3v) is 8.88. The summed E-state index contributed by atoms with van der Waals surface area (Å²) in [6, 6.07) is 9.36. The molecule has 0 spiro atoms. The van der Waals surface area contributed by atoms with Crippen molar-refractivity contribution in [1.29, 1.82) is 5.41 Å². The van der Waals surface area contributed by atoms with Gasteiger partial charge in [-0.3, -0.25) is 10.2 Å². The molecule has 12 heteroatoms. The molecule has 1 atom stereocenters. The fraction of sp³-hybridized carbons (Fsp3) is 0.414. The number of methoxy groups -OCH3 is 2.